The van der Waals surface area contributed by atoms with Gasteiger partial charge >= 0.3 is 5.97 Å². The van der Waals surface area contributed by atoms with Crippen molar-refractivity contribution in [3.05, 3.63) is 0 Å². The molecule has 6 N–H and O–H groups in total. The van der Waals surface area contributed by atoms with E-state index < -0.39 is 111 Å². The highest BCUT2D eigenvalue weighted by atomic mass is 16.8. The van der Waals surface area contributed by atoms with Crippen molar-refractivity contribution >= 4 is 11.9 Å². The van der Waals surface area contributed by atoms with Crippen LogP contribution in [-0.2, 0) is 42.7 Å². The molecule has 0 aromatic rings. The van der Waals surface area contributed by atoms with Crippen molar-refractivity contribution in [2.75, 3.05) is 6.61 Å². The van der Waals surface area contributed by atoms with Gasteiger partial charge in [0.1, 0.15) is 54.9 Å². The number of hydrogen-bond acceptors (Lipinski definition) is 14. The van der Waals surface area contributed by atoms with Crippen LogP contribution < -0.4 is 5.32 Å². The van der Waals surface area contributed by atoms with Crippen molar-refractivity contribution in [1.82, 2.24) is 5.32 Å². The molecule has 0 radical (unpaired) electrons. The first-order valence-corrected chi connectivity index (χ1v) is 12.1. The molecule has 0 aromatic carbocycles. The lowest BCUT2D eigenvalue weighted by atomic mass is 9.95. The fourth-order valence-corrected chi connectivity index (χ4v) is 5.02. The van der Waals surface area contributed by atoms with Crippen LogP contribution in [0.2, 0.25) is 0 Å². The molecule has 0 aliphatic carbocycles. The van der Waals surface area contributed by atoms with Gasteiger partial charge in [-0.3, -0.25) is 9.59 Å². The van der Waals surface area contributed by atoms with Gasteiger partial charge in [-0.2, -0.15) is 0 Å². The Labute approximate surface area is 212 Å². The van der Waals surface area contributed by atoms with Crippen LogP contribution in [0, 0.1) is 0 Å². The van der Waals surface area contributed by atoms with Gasteiger partial charge in [-0.1, -0.05) is 0 Å². The molecule has 15 atom stereocenters. The zero-order chi connectivity index (χ0) is 27.2. The number of fused-ring (bicyclic) bond motifs is 5. The minimum Gasteiger partial charge on any atom is -0.454 e. The third-order valence-corrected chi connectivity index (χ3v) is 6.94. The number of ether oxygens (including phenoxy) is 7. The van der Waals surface area contributed by atoms with Gasteiger partial charge in [-0.15, -0.1) is 0 Å². The molecule has 0 saturated carbocycles. The summed E-state index contributed by atoms with van der Waals surface area (Å²) in [6.07, 6.45) is -18.9. The van der Waals surface area contributed by atoms with E-state index in [1.807, 2.05) is 0 Å². The van der Waals surface area contributed by atoms with Crippen LogP contribution in [0.25, 0.3) is 0 Å². The SMILES string of the molecule is CC(=O)N[C@H]1[C@H]2O[C@H]3[C@H](O[C@@H]4[C@H](O)[C@H](C)O[C@@H](O[C@H]1[C@@H](O)[C@@H](C)O2)[C@@H]4OC(C)=O)O[C@H](CO)[C@@H](O)[C@@H]3O. The van der Waals surface area contributed by atoms with Crippen LogP contribution in [0.3, 0.4) is 0 Å². The van der Waals surface area contributed by atoms with Gasteiger partial charge in [-0.25, -0.2) is 0 Å². The zero-order valence-electron chi connectivity index (χ0n) is 20.8. The summed E-state index contributed by atoms with van der Waals surface area (Å²) in [5.74, 6) is -1.28. The minimum atomic E-state index is -1.68. The number of rotatable bonds is 3. The van der Waals surface area contributed by atoms with Gasteiger partial charge < -0.3 is 64.0 Å². The summed E-state index contributed by atoms with van der Waals surface area (Å²) < 4.78 is 40.8. The maximum absolute atomic E-state index is 12.1. The lowest BCUT2D eigenvalue weighted by molar-refractivity contribution is -0.367. The highest BCUT2D eigenvalue weighted by Crippen LogP contribution is 2.37. The molecule has 4 aliphatic rings. The average molecular weight is 538 g/mol. The van der Waals surface area contributed by atoms with E-state index in [2.05, 4.69) is 5.32 Å². The third-order valence-electron chi connectivity index (χ3n) is 6.94. The van der Waals surface area contributed by atoms with Gasteiger partial charge in [0.15, 0.2) is 25.0 Å². The number of aliphatic hydroxyl groups excluding tert-OH is 5. The molecule has 1 amide bonds. The summed E-state index contributed by atoms with van der Waals surface area (Å²) in [7, 11) is 0. The normalized spacial score (nSPS) is 50.2. The highest BCUT2D eigenvalue weighted by Gasteiger charge is 2.57. The summed E-state index contributed by atoms with van der Waals surface area (Å²) in [5.41, 5.74) is 0. The molecule has 4 rings (SSSR count). The molecule has 15 heteroatoms. The van der Waals surface area contributed by atoms with E-state index >= 15 is 0 Å². The maximum Gasteiger partial charge on any atom is 0.303 e. The molecule has 4 bridgehead atoms. The predicted molar refractivity (Wildman–Crippen MR) is 116 cm³/mol. The number of carbonyl (C=O) groups excluding carboxylic acids is 2. The van der Waals surface area contributed by atoms with Crippen LogP contribution in [0.15, 0.2) is 0 Å². The van der Waals surface area contributed by atoms with E-state index in [0.717, 1.165) is 6.92 Å². The van der Waals surface area contributed by atoms with E-state index in [-0.39, 0.29) is 0 Å². The molecule has 37 heavy (non-hydrogen) atoms. The smallest absolute Gasteiger partial charge is 0.303 e. The van der Waals surface area contributed by atoms with Crippen molar-refractivity contribution < 1.29 is 68.3 Å². The molecular formula is C22H35NO14. The van der Waals surface area contributed by atoms with E-state index in [9.17, 15) is 35.1 Å². The van der Waals surface area contributed by atoms with Gasteiger partial charge in [0.2, 0.25) is 5.91 Å². The molecule has 4 aliphatic heterocycles. The van der Waals surface area contributed by atoms with Crippen LogP contribution in [0.1, 0.15) is 27.7 Å². The minimum absolute atomic E-state index is 0.524. The summed E-state index contributed by atoms with van der Waals surface area (Å²) in [5, 5.41) is 55.6. The first-order valence-electron chi connectivity index (χ1n) is 12.1. The number of amides is 1. The lowest BCUT2D eigenvalue weighted by Crippen LogP contribution is -2.67. The van der Waals surface area contributed by atoms with Gasteiger partial charge in [-0.05, 0) is 13.8 Å². The van der Waals surface area contributed by atoms with Crippen molar-refractivity contribution in [3.63, 3.8) is 0 Å². The number of esters is 1. The number of aliphatic hydroxyl groups is 5. The Morgan fingerprint density at radius 1 is 0.730 bits per heavy atom. The second kappa shape index (κ2) is 11.3. The largest absolute Gasteiger partial charge is 0.454 e. The third kappa shape index (κ3) is 5.62. The predicted octanol–water partition coefficient (Wildman–Crippen LogP) is -3.76. The van der Waals surface area contributed by atoms with Crippen molar-refractivity contribution in [1.29, 1.82) is 0 Å². The van der Waals surface area contributed by atoms with Crippen LogP contribution >= 0.6 is 0 Å². The Morgan fingerprint density at radius 3 is 1.89 bits per heavy atom. The Balaban J connectivity index is 1.83. The monoisotopic (exact) mass is 537 g/mol. The summed E-state index contributed by atoms with van der Waals surface area (Å²) in [6, 6.07) is -1.18. The summed E-state index contributed by atoms with van der Waals surface area (Å²) in [6.45, 7) is 4.71. The van der Waals surface area contributed by atoms with Gasteiger partial charge in [0.25, 0.3) is 0 Å². The molecular weight excluding hydrogens is 502 g/mol. The fraction of sp³-hybridized carbons (Fsp3) is 0.909. The Bertz CT molecular complexity index is 831. The summed E-state index contributed by atoms with van der Waals surface area (Å²) >= 11 is 0. The number of nitrogens with one attached hydrogen (secondary N) is 1. The first kappa shape index (κ1) is 28.5. The lowest BCUT2D eigenvalue weighted by Gasteiger charge is -2.47. The quantitative estimate of drug-likeness (QED) is 0.191. The van der Waals surface area contributed by atoms with Gasteiger partial charge in [0, 0.05) is 13.8 Å². The molecule has 15 nitrogen and oxygen atoms in total. The van der Waals surface area contributed by atoms with Crippen molar-refractivity contribution in [2.45, 2.75) is 120 Å². The molecule has 0 unspecified atom stereocenters. The second-order valence-corrected chi connectivity index (χ2v) is 9.71. The Morgan fingerprint density at radius 2 is 1.30 bits per heavy atom. The van der Waals surface area contributed by atoms with Crippen molar-refractivity contribution in [3.8, 4) is 0 Å². The Hall–Kier alpha value is -1.50. The van der Waals surface area contributed by atoms with Gasteiger partial charge in [0.05, 0.1) is 18.8 Å². The van der Waals surface area contributed by atoms with Crippen molar-refractivity contribution in [2.24, 2.45) is 0 Å². The van der Waals surface area contributed by atoms with Crippen LogP contribution in [-0.4, -0.2) is 136 Å². The molecule has 4 fully saturated rings. The molecule has 0 spiro atoms. The highest BCUT2D eigenvalue weighted by molar-refractivity contribution is 5.73. The standard InChI is InChI=1S/C22H35NO14/c1-6-12(27)16-11(23-8(3)25)20(31-6)37-18-15(30)14(29)10(5-24)34-21(18)36-17-13(28)7(2)32-22(35-16)19(17)33-9(4)26/h6-7,10-22,24,27-30H,5H2,1-4H3,(H,23,25)/t6-,7+,10-,11-,12+,13-,14-,15+,16-,17-,18-,19-,20-,21+,22+/m1/s1. The number of carbonyl (C=O) groups is 2. The molecule has 4 saturated heterocycles. The molecule has 0 aromatic heterocycles. The second-order valence-electron chi connectivity index (χ2n) is 9.71. The number of hydrogen-bond donors (Lipinski definition) is 6. The molecule has 4 heterocycles. The zero-order valence-corrected chi connectivity index (χ0v) is 20.8. The first-order chi connectivity index (χ1) is 17.4. The van der Waals surface area contributed by atoms with E-state index in [1.54, 1.807) is 0 Å². The average Bonchev–Trinajstić information content (AvgIpc) is 2.83. The van der Waals surface area contributed by atoms with Crippen LogP contribution in [0.4, 0.5) is 0 Å². The Kier molecular flexibility index (Phi) is 8.72. The summed E-state index contributed by atoms with van der Waals surface area (Å²) in [4.78, 5) is 24.1. The van der Waals surface area contributed by atoms with E-state index in [0.29, 0.717) is 0 Å². The van der Waals surface area contributed by atoms with E-state index in [4.69, 9.17) is 33.2 Å². The van der Waals surface area contributed by atoms with Crippen LogP contribution in [0.5, 0.6) is 0 Å². The maximum atomic E-state index is 12.1. The topological polar surface area (TPSA) is 212 Å². The molecule has 212 valence electrons. The fourth-order valence-electron chi connectivity index (χ4n) is 5.02. The van der Waals surface area contributed by atoms with E-state index in [1.165, 1.54) is 20.8 Å².